The van der Waals surface area contributed by atoms with E-state index in [1.54, 1.807) is 6.92 Å². The molecule has 0 aromatic carbocycles. The summed E-state index contributed by atoms with van der Waals surface area (Å²) in [5.74, 6) is -0.759. The fourth-order valence-corrected chi connectivity index (χ4v) is 1.48. The van der Waals surface area contributed by atoms with Crippen LogP contribution in [0.25, 0.3) is 0 Å². The highest BCUT2D eigenvalue weighted by atomic mass is 32.2. The lowest BCUT2D eigenvalue weighted by Crippen LogP contribution is -2.09. The lowest BCUT2D eigenvalue weighted by molar-refractivity contribution is -0.147. The van der Waals surface area contributed by atoms with Crippen LogP contribution in [0.15, 0.2) is 0 Å². The van der Waals surface area contributed by atoms with E-state index < -0.39 is 16.7 Å². The van der Waals surface area contributed by atoms with Crippen molar-refractivity contribution in [2.45, 2.75) is 32.6 Å². The molecule has 0 spiro atoms. The molecule has 6 nitrogen and oxygen atoms in total. The normalized spacial score (nSPS) is 10.2. The summed E-state index contributed by atoms with van der Waals surface area (Å²) in [6, 6.07) is 0. The molecule has 0 rings (SSSR count). The number of carbonyl (C=O) groups excluding carboxylic acids is 2. The number of esters is 2. The van der Waals surface area contributed by atoms with Crippen molar-refractivity contribution in [2.75, 3.05) is 19.0 Å². The third-order valence-corrected chi connectivity index (χ3v) is 2.50. The Morgan fingerprint density at radius 2 is 1.59 bits per heavy atom. The van der Waals surface area contributed by atoms with E-state index in [1.165, 1.54) is 0 Å². The fourth-order valence-electron chi connectivity index (χ4n) is 1.06. The Labute approximate surface area is 102 Å². The van der Waals surface area contributed by atoms with Crippen molar-refractivity contribution in [3.05, 3.63) is 0 Å². The van der Waals surface area contributed by atoms with Crippen molar-refractivity contribution in [3.63, 3.8) is 0 Å². The molecule has 0 fully saturated rings. The van der Waals surface area contributed by atoms with Gasteiger partial charge in [-0.05, 0) is 19.8 Å². The van der Waals surface area contributed by atoms with Crippen molar-refractivity contribution in [1.82, 2.24) is 0 Å². The van der Waals surface area contributed by atoms with E-state index in [1.807, 2.05) is 0 Å². The second-order valence-corrected chi connectivity index (χ2v) is 4.40. The van der Waals surface area contributed by atoms with Crippen molar-refractivity contribution < 1.29 is 27.5 Å². The maximum atomic E-state index is 11.1. The molecular weight excluding hydrogens is 248 g/mol. The van der Waals surface area contributed by atoms with Crippen molar-refractivity contribution in [1.29, 1.82) is 0 Å². The van der Waals surface area contributed by atoms with E-state index in [9.17, 15) is 18.0 Å². The molecule has 17 heavy (non-hydrogen) atoms. The van der Waals surface area contributed by atoms with Crippen LogP contribution in [0.1, 0.15) is 32.6 Å². The average molecular weight is 266 g/mol. The predicted octanol–water partition coefficient (Wildman–Crippen LogP) is 0.265. The summed E-state index contributed by atoms with van der Waals surface area (Å²) in [5, 5.41) is 0. The average Bonchev–Trinajstić information content (AvgIpc) is 2.24. The highest BCUT2D eigenvalue weighted by molar-refractivity contribution is 7.72. The van der Waals surface area contributed by atoms with E-state index in [-0.39, 0.29) is 37.6 Å². The molecule has 0 aromatic heterocycles. The van der Waals surface area contributed by atoms with Gasteiger partial charge in [-0.15, -0.1) is 0 Å². The monoisotopic (exact) mass is 266 g/mol. The number of hydrogen-bond donors (Lipinski definition) is 1. The van der Waals surface area contributed by atoms with Gasteiger partial charge in [-0.25, -0.2) is 8.42 Å². The molecule has 0 saturated heterocycles. The van der Waals surface area contributed by atoms with Crippen LogP contribution in [0.2, 0.25) is 0 Å². The van der Waals surface area contributed by atoms with Crippen LogP contribution in [0.5, 0.6) is 0 Å². The number of carbonyl (C=O) groups is 2. The van der Waals surface area contributed by atoms with Gasteiger partial charge in [0.15, 0.2) is 0 Å². The number of ether oxygens (including phenoxy) is 2. The zero-order chi connectivity index (χ0) is 13.1. The molecule has 0 radical (unpaired) electrons. The molecule has 0 amide bonds. The van der Waals surface area contributed by atoms with Crippen LogP contribution >= 0.6 is 0 Å². The standard InChI is InChI=1S/C10H18O6S/c1-2-15-9(11)5-3-7-16-10(12)6-4-8-17(13)14/h17H,2-8H2,1H3. The zero-order valence-corrected chi connectivity index (χ0v) is 10.7. The maximum absolute atomic E-state index is 11.1. The van der Waals surface area contributed by atoms with E-state index in [0.29, 0.717) is 13.0 Å². The highest BCUT2D eigenvalue weighted by Gasteiger charge is 2.05. The van der Waals surface area contributed by atoms with Gasteiger partial charge in [0.2, 0.25) is 0 Å². The van der Waals surface area contributed by atoms with Crippen LogP contribution < -0.4 is 0 Å². The SMILES string of the molecule is CCOC(=O)CCCOC(=O)CCC[SH](=O)=O. The molecule has 7 heteroatoms. The molecule has 0 saturated carbocycles. The van der Waals surface area contributed by atoms with Crippen molar-refractivity contribution >= 4 is 22.6 Å². The molecular formula is C10H18O6S. The minimum absolute atomic E-state index is 0.00669. The van der Waals surface area contributed by atoms with Gasteiger partial charge in [-0.3, -0.25) is 9.59 Å². The summed E-state index contributed by atoms with van der Waals surface area (Å²) in [5.41, 5.74) is 0. The first kappa shape index (κ1) is 15.9. The Morgan fingerprint density at radius 1 is 1.00 bits per heavy atom. The molecule has 0 bridgehead atoms. The Kier molecular flexibility index (Phi) is 9.41. The Bertz CT molecular complexity index is 302. The summed E-state index contributed by atoms with van der Waals surface area (Å²) in [6.45, 7) is 2.21. The van der Waals surface area contributed by atoms with Gasteiger partial charge < -0.3 is 9.47 Å². The molecule has 0 aromatic rings. The van der Waals surface area contributed by atoms with Gasteiger partial charge in [0.05, 0.1) is 13.2 Å². The second-order valence-electron chi connectivity index (χ2n) is 3.29. The number of hydrogen-bond acceptors (Lipinski definition) is 6. The largest absolute Gasteiger partial charge is 0.466 e. The quantitative estimate of drug-likeness (QED) is 0.366. The lowest BCUT2D eigenvalue weighted by atomic mass is 10.3. The summed E-state index contributed by atoms with van der Waals surface area (Å²) >= 11 is 0. The summed E-state index contributed by atoms with van der Waals surface area (Å²) in [7, 11) is -2.43. The lowest BCUT2D eigenvalue weighted by Gasteiger charge is -2.04. The van der Waals surface area contributed by atoms with Crippen LogP contribution in [-0.2, 0) is 29.8 Å². The van der Waals surface area contributed by atoms with Crippen LogP contribution in [-0.4, -0.2) is 39.3 Å². The van der Waals surface area contributed by atoms with Gasteiger partial charge in [0.25, 0.3) is 0 Å². The Balaban J connectivity index is 3.42. The molecule has 0 aliphatic rings. The molecule has 0 aliphatic heterocycles. The van der Waals surface area contributed by atoms with Crippen molar-refractivity contribution in [2.24, 2.45) is 0 Å². The first-order valence-electron chi connectivity index (χ1n) is 5.49. The third kappa shape index (κ3) is 11.2. The summed E-state index contributed by atoms with van der Waals surface area (Å²) in [4.78, 5) is 22.0. The van der Waals surface area contributed by atoms with E-state index in [0.717, 1.165) is 0 Å². The zero-order valence-electron chi connectivity index (χ0n) is 9.85. The summed E-state index contributed by atoms with van der Waals surface area (Å²) in [6.07, 6.45) is 0.992. The van der Waals surface area contributed by atoms with Gasteiger partial charge >= 0.3 is 11.9 Å². The third-order valence-electron chi connectivity index (χ3n) is 1.82. The first-order chi connectivity index (χ1) is 8.06. The minimum atomic E-state index is -2.43. The molecule has 0 N–H and O–H groups in total. The first-order valence-corrected chi connectivity index (χ1v) is 6.85. The Hall–Kier alpha value is -1.11. The highest BCUT2D eigenvalue weighted by Crippen LogP contribution is 1.97. The maximum Gasteiger partial charge on any atom is 0.305 e. The van der Waals surface area contributed by atoms with Gasteiger partial charge in [0, 0.05) is 18.6 Å². The number of thiol groups is 1. The molecule has 0 atom stereocenters. The van der Waals surface area contributed by atoms with Gasteiger partial charge in [0.1, 0.15) is 10.7 Å². The van der Waals surface area contributed by atoms with E-state index in [2.05, 4.69) is 0 Å². The van der Waals surface area contributed by atoms with Crippen LogP contribution in [0.3, 0.4) is 0 Å². The second kappa shape index (κ2) is 10.1. The molecule has 0 unspecified atom stereocenters. The van der Waals surface area contributed by atoms with Gasteiger partial charge in [-0.2, -0.15) is 0 Å². The van der Waals surface area contributed by atoms with Crippen molar-refractivity contribution in [3.8, 4) is 0 Å². The van der Waals surface area contributed by atoms with Crippen LogP contribution in [0, 0.1) is 0 Å². The summed E-state index contributed by atoms with van der Waals surface area (Å²) < 4.78 is 29.9. The minimum Gasteiger partial charge on any atom is -0.466 e. The smallest absolute Gasteiger partial charge is 0.305 e. The Morgan fingerprint density at radius 3 is 2.18 bits per heavy atom. The fraction of sp³-hybridized carbons (Fsp3) is 0.800. The number of rotatable bonds is 9. The van der Waals surface area contributed by atoms with Crippen LogP contribution in [0.4, 0.5) is 0 Å². The van der Waals surface area contributed by atoms with E-state index >= 15 is 0 Å². The molecule has 0 heterocycles. The molecule has 100 valence electrons. The topological polar surface area (TPSA) is 86.7 Å². The van der Waals surface area contributed by atoms with Gasteiger partial charge in [-0.1, -0.05) is 0 Å². The van der Waals surface area contributed by atoms with E-state index in [4.69, 9.17) is 9.47 Å². The molecule has 0 aliphatic carbocycles. The predicted molar refractivity (Wildman–Crippen MR) is 61.2 cm³/mol.